The lowest BCUT2D eigenvalue weighted by Gasteiger charge is -2.23. The molecule has 3 aliphatic heterocycles. The van der Waals surface area contributed by atoms with Crippen LogP contribution in [0.1, 0.15) is 112 Å². The number of aromatic nitrogens is 4. The molecule has 12 nitrogen and oxygen atoms in total. The van der Waals surface area contributed by atoms with Gasteiger partial charge in [-0.25, -0.2) is 19.9 Å². The van der Waals surface area contributed by atoms with Crippen LogP contribution in [0.2, 0.25) is 0 Å². The van der Waals surface area contributed by atoms with E-state index in [0.29, 0.717) is 59.9 Å². The second kappa shape index (κ2) is 20.6. The zero-order chi connectivity index (χ0) is 49.0. The van der Waals surface area contributed by atoms with Crippen molar-refractivity contribution in [2.45, 2.75) is 91.1 Å². The number of aldehydes is 1. The molecule has 1 aliphatic carbocycles. The number of anilines is 2. The van der Waals surface area contributed by atoms with E-state index in [2.05, 4.69) is 87.2 Å². The van der Waals surface area contributed by atoms with Gasteiger partial charge in [0.25, 0.3) is 11.8 Å². The molecule has 4 aliphatic rings. The third-order valence-corrected chi connectivity index (χ3v) is 14.5. The molecule has 0 spiro atoms. The molecule has 71 heavy (non-hydrogen) atoms. The summed E-state index contributed by atoms with van der Waals surface area (Å²) in [6.07, 6.45) is 9.28. The molecule has 2 fully saturated rings. The third-order valence-electron chi connectivity index (χ3n) is 14.5. The Morgan fingerprint density at radius 1 is 0.563 bits per heavy atom. The molecule has 5 heterocycles. The van der Waals surface area contributed by atoms with E-state index in [4.69, 9.17) is 11.5 Å². The Morgan fingerprint density at radius 3 is 1.49 bits per heavy atom. The maximum atomic E-state index is 13.6. The Morgan fingerprint density at radius 2 is 1.03 bits per heavy atom. The summed E-state index contributed by atoms with van der Waals surface area (Å²) in [7, 11) is 0. The van der Waals surface area contributed by atoms with Crippen LogP contribution in [0.5, 0.6) is 0 Å². The summed E-state index contributed by atoms with van der Waals surface area (Å²) in [4.78, 5) is 62.0. The van der Waals surface area contributed by atoms with Gasteiger partial charge in [-0.05, 0) is 107 Å². The van der Waals surface area contributed by atoms with E-state index in [1.54, 1.807) is 17.0 Å². The number of carbonyl (C=O) groups is 3. The number of rotatable bonds is 7. The van der Waals surface area contributed by atoms with Gasteiger partial charge in [-0.2, -0.15) is 0 Å². The molecular weight excluding hydrogens is 883 g/mol. The van der Waals surface area contributed by atoms with Gasteiger partial charge >= 0.3 is 0 Å². The van der Waals surface area contributed by atoms with Crippen LogP contribution in [0.25, 0.3) is 44.1 Å². The van der Waals surface area contributed by atoms with E-state index in [1.165, 1.54) is 60.8 Å². The fourth-order valence-electron chi connectivity index (χ4n) is 10.6. The maximum Gasteiger partial charge on any atom is 0.273 e. The first-order valence-corrected chi connectivity index (χ1v) is 24.8. The van der Waals surface area contributed by atoms with Crippen LogP contribution in [0.4, 0.5) is 11.9 Å². The largest absolute Gasteiger partial charge is 0.368 e. The van der Waals surface area contributed by atoms with E-state index >= 15 is 0 Å². The highest BCUT2D eigenvalue weighted by atomic mass is 16.2. The molecule has 6 aromatic carbocycles. The topological polar surface area (TPSA) is 165 Å². The standard InChI is InChI=1S/C29H29N5O.C24H18N4O2.C6H12/c1-19-7-6-14-33(19)18-23-10-4-5-11-24(23)20-12-13-26-25(15-20)27(32-29(30)31-26)28(35)34-16-21-8-2-3-9-22(21)17-34;25-24-26-21-10-9-15(19-8-4-3-7-18(19)14-29)11-20(21)22(27-24)23(30)28-12-16-5-1-2-6-17(16)13-28;1-6-4-2-3-5-6/h2-5,8-13,15,19H,6-7,14,16-18H2,1H3,(H2,30,31,32);1-11,14H,12-13H2,(H2,25,26,27);6H,2-5H2,1H3/t19-;;/m1../s1. The number of nitrogens with two attached hydrogens (primary N) is 2. The highest BCUT2D eigenvalue weighted by molar-refractivity contribution is 6.07. The van der Waals surface area contributed by atoms with Crippen molar-refractivity contribution in [1.29, 1.82) is 0 Å². The molecule has 0 unspecified atom stereocenters. The van der Waals surface area contributed by atoms with Gasteiger partial charge in [0, 0.05) is 55.1 Å². The molecule has 0 radical (unpaired) electrons. The van der Waals surface area contributed by atoms with E-state index < -0.39 is 0 Å². The van der Waals surface area contributed by atoms with Gasteiger partial charge in [-0.1, -0.05) is 142 Å². The van der Waals surface area contributed by atoms with Crippen LogP contribution in [0.3, 0.4) is 0 Å². The number of likely N-dealkylation sites (tertiary alicyclic amines) is 1. The number of nitrogen functional groups attached to an aromatic ring is 2. The molecule has 1 atom stereocenters. The van der Waals surface area contributed by atoms with Gasteiger partial charge in [0.15, 0.2) is 6.29 Å². The fraction of sp³-hybridized carbons (Fsp3) is 0.271. The number of carbonyl (C=O) groups excluding carboxylic acids is 3. The molecular formula is C59H59N9O3. The average molecular weight is 942 g/mol. The van der Waals surface area contributed by atoms with Crippen molar-refractivity contribution in [2.24, 2.45) is 5.92 Å². The summed E-state index contributed by atoms with van der Waals surface area (Å²) in [5.41, 5.74) is 24.2. The monoisotopic (exact) mass is 941 g/mol. The van der Waals surface area contributed by atoms with Gasteiger partial charge in [-0.15, -0.1) is 0 Å². The minimum Gasteiger partial charge on any atom is -0.368 e. The number of amides is 2. The first-order valence-electron chi connectivity index (χ1n) is 24.8. The Bertz CT molecular complexity index is 3240. The molecule has 0 bridgehead atoms. The van der Waals surface area contributed by atoms with Crippen LogP contribution < -0.4 is 11.5 Å². The SMILES string of the molecule is CC1CCCC1.C[C@@H]1CCCN1Cc1ccccc1-c1ccc2nc(N)nc(C(=O)N3Cc4ccccc4C3)c2c1.Nc1nc(C(=O)N2Cc3ccccc3C2)c2cc(-c3ccccc3C=O)ccc2n1. The first kappa shape index (κ1) is 46.9. The summed E-state index contributed by atoms with van der Waals surface area (Å²) in [5.74, 6) is 0.921. The van der Waals surface area contributed by atoms with Gasteiger partial charge in [0.05, 0.1) is 11.0 Å². The quantitative estimate of drug-likeness (QED) is 0.147. The molecule has 12 heteroatoms. The maximum absolute atomic E-state index is 13.6. The number of fused-ring (bicyclic) bond motifs is 4. The smallest absolute Gasteiger partial charge is 0.273 e. The van der Waals surface area contributed by atoms with Crippen molar-refractivity contribution < 1.29 is 14.4 Å². The second-order valence-electron chi connectivity index (χ2n) is 19.4. The second-order valence-corrected chi connectivity index (χ2v) is 19.4. The van der Waals surface area contributed by atoms with Crippen molar-refractivity contribution in [2.75, 3.05) is 18.0 Å². The van der Waals surface area contributed by atoms with Gasteiger partial charge < -0.3 is 21.3 Å². The molecule has 2 amide bonds. The highest BCUT2D eigenvalue weighted by Crippen LogP contribution is 2.34. The summed E-state index contributed by atoms with van der Waals surface area (Å²) in [6.45, 7) is 8.94. The Labute approximate surface area is 414 Å². The van der Waals surface area contributed by atoms with Crippen LogP contribution in [0, 0.1) is 5.92 Å². The highest BCUT2D eigenvalue weighted by Gasteiger charge is 2.29. The Kier molecular flexibility index (Phi) is 13.6. The minimum absolute atomic E-state index is 0.0589. The van der Waals surface area contributed by atoms with Gasteiger partial charge in [0.1, 0.15) is 11.4 Å². The molecule has 12 rings (SSSR count). The predicted octanol–water partition coefficient (Wildman–Crippen LogP) is 11.1. The van der Waals surface area contributed by atoms with E-state index in [9.17, 15) is 14.4 Å². The number of nitrogens with zero attached hydrogens (tertiary/aromatic N) is 7. The lowest BCUT2D eigenvalue weighted by atomic mass is 9.97. The summed E-state index contributed by atoms with van der Waals surface area (Å²) in [5, 5.41) is 1.35. The van der Waals surface area contributed by atoms with Crippen LogP contribution in [0.15, 0.2) is 133 Å². The van der Waals surface area contributed by atoms with Crippen LogP contribution in [-0.4, -0.2) is 65.3 Å². The summed E-state index contributed by atoms with van der Waals surface area (Å²) in [6, 6.07) is 44.3. The zero-order valence-corrected chi connectivity index (χ0v) is 40.4. The van der Waals surface area contributed by atoms with Crippen molar-refractivity contribution in [3.05, 3.63) is 178 Å². The summed E-state index contributed by atoms with van der Waals surface area (Å²) < 4.78 is 0. The summed E-state index contributed by atoms with van der Waals surface area (Å²) >= 11 is 0. The molecule has 2 aromatic heterocycles. The van der Waals surface area contributed by atoms with Gasteiger partial charge in [-0.3, -0.25) is 19.3 Å². The van der Waals surface area contributed by atoms with Crippen molar-refractivity contribution >= 4 is 51.8 Å². The van der Waals surface area contributed by atoms with E-state index in [-0.39, 0.29) is 29.4 Å². The number of hydrogen-bond donors (Lipinski definition) is 2. The van der Waals surface area contributed by atoms with Crippen molar-refractivity contribution in [1.82, 2.24) is 34.6 Å². The van der Waals surface area contributed by atoms with Crippen LogP contribution >= 0.6 is 0 Å². The van der Waals surface area contributed by atoms with Gasteiger partial charge in [0.2, 0.25) is 11.9 Å². The van der Waals surface area contributed by atoms with Crippen molar-refractivity contribution in [3.8, 4) is 22.3 Å². The Balaban J connectivity index is 0.000000148. The first-order chi connectivity index (χ1) is 34.6. The number of hydrogen-bond acceptors (Lipinski definition) is 10. The minimum atomic E-state index is -0.189. The zero-order valence-electron chi connectivity index (χ0n) is 40.4. The van der Waals surface area contributed by atoms with Crippen molar-refractivity contribution in [3.63, 3.8) is 0 Å². The van der Waals surface area contributed by atoms with E-state index in [1.807, 2.05) is 77.7 Å². The predicted molar refractivity (Wildman–Crippen MR) is 281 cm³/mol. The number of benzene rings is 6. The molecule has 1 saturated heterocycles. The van der Waals surface area contributed by atoms with E-state index in [0.717, 1.165) is 58.5 Å². The molecule has 358 valence electrons. The molecule has 8 aromatic rings. The average Bonchev–Trinajstić information content (AvgIpc) is 4.24. The molecule has 1 saturated carbocycles. The Hall–Kier alpha value is -7.83. The lowest BCUT2D eigenvalue weighted by molar-refractivity contribution is 0.0741. The van der Waals surface area contributed by atoms with Crippen LogP contribution in [-0.2, 0) is 32.7 Å². The normalized spacial score (nSPS) is 16.3. The third kappa shape index (κ3) is 10.1. The lowest BCUT2D eigenvalue weighted by Crippen LogP contribution is -2.27. The fourth-order valence-corrected chi connectivity index (χ4v) is 10.6. The molecule has 4 N–H and O–H groups in total.